The lowest BCUT2D eigenvalue weighted by Gasteiger charge is -2.23. The van der Waals surface area contributed by atoms with E-state index in [1.54, 1.807) is 18.2 Å². The molecular formula is C17H24N2O6S. The number of carbonyl (C=O) groups excluding carboxylic acids is 2. The average Bonchev–Trinajstić information content (AvgIpc) is 2.93. The van der Waals surface area contributed by atoms with Gasteiger partial charge in [-0.15, -0.1) is 0 Å². The molecule has 0 bridgehead atoms. The Morgan fingerprint density at radius 1 is 1.27 bits per heavy atom. The Balaban J connectivity index is 2.03. The number of nitrogens with zero attached hydrogens (tertiary/aromatic N) is 1. The van der Waals surface area contributed by atoms with E-state index in [1.807, 2.05) is 0 Å². The molecule has 1 unspecified atom stereocenters. The Kier molecular flexibility index (Phi) is 6.47. The summed E-state index contributed by atoms with van der Waals surface area (Å²) in [4.78, 5) is 25.6. The van der Waals surface area contributed by atoms with Crippen molar-refractivity contribution < 1.29 is 27.5 Å². The van der Waals surface area contributed by atoms with Crippen LogP contribution in [0.2, 0.25) is 0 Å². The predicted octanol–water partition coefficient (Wildman–Crippen LogP) is 0.750. The SMILES string of the molecule is COc1ccc(N(CCC(=O)NC2CCS(=O)(=O)C2)C(C)=O)c(OC)c1. The Morgan fingerprint density at radius 2 is 2.00 bits per heavy atom. The molecule has 0 saturated carbocycles. The minimum Gasteiger partial charge on any atom is -0.497 e. The van der Waals surface area contributed by atoms with Gasteiger partial charge in [0.25, 0.3) is 0 Å². The van der Waals surface area contributed by atoms with Crippen LogP contribution in [0.5, 0.6) is 11.5 Å². The lowest BCUT2D eigenvalue weighted by Crippen LogP contribution is -2.39. The van der Waals surface area contributed by atoms with Gasteiger partial charge in [0, 0.05) is 32.0 Å². The van der Waals surface area contributed by atoms with Gasteiger partial charge in [-0.25, -0.2) is 8.42 Å². The number of rotatable bonds is 7. The van der Waals surface area contributed by atoms with Gasteiger partial charge in [-0.1, -0.05) is 0 Å². The third-order valence-electron chi connectivity index (χ3n) is 4.22. The van der Waals surface area contributed by atoms with Crippen LogP contribution < -0.4 is 19.7 Å². The highest BCUT2D eigenvalue weighted by molar-refractivity contribution is 7.91. The molecule has 1 aromatic carbocycles. The summed E-state index contributed by atoms with van der Waals surface area (Å²) in [6.07, 6.45) is 0.488. The molecule has 26 heavy (non-hydrogen) atoms. The molecule has 1 aromatic rings. The molecule has 1 N–H and O–H groups in total. The highest BCUT2D eigenvalue weighted by Crippen LogP contribution is 2.32. The lowest BCUT2D eigenvalue weighted by atomic mass is 10.2. The zero-order valence-electron chi connectivity index (χ0n) is 15.1. The molecule has 1 heterocycles. The number of hydrogen-bond donors (Lipinski definition) is 1. The number of amides is 2. The largest absolute Gasteiger partial charge is 0.497 e. The smallest absolute Gasteiger partial charge is 0.223 e. The molecule has 1 atom stereocenters. The molecule has 1 saturated heterocycles. The van der Waals surface area contributed by atoms with Crippen molar-refractivity contribution in [3.63, 3.8) is 0 Å². The fourth-order valence-corrected chi connectivity index (χ4v) is 4.55. The van der Waals surface area contributed by atoms with Crippen LogP contribution in [0.4, 0.5) is 5.69 Å². The summed E-state index contributed by atoms with van der Waals surface area (Å²) in [5.74, 6) is 0.605. The quantitative estimate of drug-likeness (QED) is 0.744. The summed E-state index contributed by atoms with van der Waals surface area (Å²) in [6.45, 7) is 1.56. The zero-order chi connectivity index (χ0) is 19.3. The fourth-order valence-electron chi connectivity index (χ4n) is 2.88. The molecule has 0 radical (unpaired) electrons. The van der Waals surface area contributed by atoms with Crippen molar-refractivity contribution in [3.05, 3.63) is 18.2 Å². The summed E-state index contributed by atoms with van der Waals surface area (Å²) in [6, 6.07) is 4.71. The highest BCUT2D eigenvalue weighted by Gasteiger charge is 2.29. The number of benzene rings is 1. The van der Waals surface area contributed by atoms with E-state index in [0.717, 1.165) is 0 Å². The number of methoxy groups -OCH3 is 2. The molecule has 1 fully saturated rings. The predicted molar refractivity (Wildman–Crippen MR) is 97.4 cm³/mol. The van der Waals surface area contributed by atoms with E-state index in [2.05, 4.69) is 5.32 Å². The van der Waals surface area contributed by atoms with Gasteiger partial charge >= 0.3 is 0 Å². The maximum absolute atomic E-state index is 12.1. The second-order valence-electron chi connectivity index (χ2n) is 6.13. The topological polar surface area (TPSA) is 102 Å². The number of anilines is 1. The van der Waals surface area contributed by atoms with Gasteiger partial charge in [-0.2, -0.15) is 0 Å². The first-order valence-corrected chi connectivity index (χ1v) is 10.1. The second kappa shape index (κ2) is 8.39. The van der Waals surface area contributed by atoms with Crippen molar-refractivity contribution in [1.29, 1.82) is 0 Å². The summed E-state index contributed by atoms with van der Waals surface area (Å²) in [7, 11) is -0.0297. The lowest BCUT2D eigenvalue weighted by molar-refractivity contribution is -0.121. The average molecular weight is 384 g/mol. The molecule has 0 spiro atoms. The van der Waals surface area contributed by atoms with E-state index in [1.165, 1.54) is 26.0 Å². The summed E-state index contributed by atoms with van der Waals surface area (Å²) in [5, 5.41) is 2.72. The number of nitrogens with one attached hydrogen (secondary N) is 1. The minimum absolute atomic E-state index is 0.0263. The monoisotopic (exact) mass is 384 g/mol. The summed E-state index contributed by atoms with van der Waals surface area (Å²) < 4.78 is 33.4. The van der Waals surface area contributed by atoms with Gasteiger partial charge in [0.1, 0.15) is 11.5 Å². The van der Waals surface area contributed by atoms with Crippen LogP contribution in [0.15, 0.2) is 18.2 Å². The molecule has 0 aliphatic carbocycles. The third kappa shape index (κ3) is 5.10. The van der Waals surface area contributed by atoms with E-state index in [-0.39, 0.29) is 42.3 Å². The first kappa shape index (κ1) is 20.0. The Hall–Kier alpha value is -2.29. The number of sulfone groups is 1. The van der Waals surface area contributed by atoms with Crippen LogP contribution in [-0.4, -0.2) is 58.5 Å². The maximum atomic E-state index is 12.1. The van der Waals surface area contributed by atoms with Crippen LogP contribution >= 0.6 is 0 Å². The van der Waals surface area contributed by atoms with Crippen molar-refractivity contribution >= 4 is 27.3 Å². The number of hydrogen-bond acceptors (Lipinski definition) is 6. The molecule has 1 aliphatic rings. The normalized spacial score (nSPS) is 18.2. The second-order valence-corrected chi connectivity index (χ2v) is 8.35. The van der Waals surface area contributed by atoms with Crippen molar-refractivity contribution in [2.75, 3.05) is 37.2 Å². The van der Waals surface area contributed by atoms with E-state index >= 15 is 0 Å². The van der Waals surface area contributed by atoms with E-state index in [4.69, 9.17) is 9.47 Å². The van der Waals surface area contributed by atoms with Gasteiger partial charge in [-0.05, 0) is 18.6 Å². The minimum atomic E-state index is -3.05. The molecular weight excluding hydrogens is 360 g/mol. The molecule has 0 aromatic heterocycles. The molecule has 2 amide bonds. The summed E-state index contributed by atoms with van der Waals surface area (Å²) in [5.41, 5.74) is 0.539. The van der Waals surface area contributed by atoms with Crippen LogP contribution in [-0.2, 0) is 19.4 Å². The Bertz CT molecular complexity index is 777. The van der Waals surface area contributed by atoms with E-state index < -0.39 is 9.84 Å². The number of ether oxygens (including phenoxy) is 2. The van der Waals surface area contributed by atoms with Crippen molar-refractivity contribution in [2.24, 2.45) is 0 Å². The van der Waals surface area contributed by atoms with Crippen molar-refractivity contribution in [2.45, 2.75) is 25.8 Å². The Labute approximate surface area is 153 Å². The zero-order valence-corrected chi connectivity index (χ0v) is 16.0. The molecule has 1 aliphatic heterocycles. The maximum Gasteiger partial charge on any atom is 0.223 e. The molecule has 9 heteroatoms. The van der Waals surface area contributed by atoms with Crippen molar-refractivity contribution in [3.8, 4) is 11.5 Å². The van der Waals surface area contributed by atoms with Gasteiger partial charge in [0.15, 0.2) is 9.84 Å². The van der Waals surface area contributed by atoms with Crippen molar-refractivity contribution in [1.82, 2.24) is 5.32 Å². The number of carbonyl (C=O) groups is 2. The van der Waals surface area contributed by atoms with Crippen LogP contribution in [0.25, 0.3) is 0 Å². The van der Waals surface area contributed by atoms with Crippen LogP contribution in [0, 0.1) is 0 Å². The highest BCUT2D eigenvalue weighted by atomic mass is 32.2. The summed E-state index contributed by atoms with van der Waals surface area (Å²) >= 11 is 0. The first-order chi connectivity index (χ1) is 12.3. The standard InChI is InChI=1S/C17H24N2O6S/c1-12(20)19(15-5-4-14(24-2)10-16(15)25-3)8-6-17(21)18-13-7-9-26(22,23)11-13/h4-5,10,13H,6-9,11H2,1-3H3,(H,18,21). The van der Waals surface area contributed by atoms with E-state index in [9.17, 15) is 18.0 Å². The molecule has 144 valence electrons. The Morgan fingerprint density at radius 3 is 2.54 bits per heavy atom. The van der Waals surface area contributed by atoms with Gasteiger partial charge < -0.3 is 19.7 Å². The van der Waals surface area contributed by atoms with E-state index in [0.29, 0.717) is 23.6 Å². The van der Waals surface area contributed by atoms with Gasteiger partial charge in [-0.3, -0.25) is 9.59 Å². The van der Waals surface area contributed by atoms with Gasteiger partial charge in [0.05, 0.1) is 31.4 Å². The van der Waals surface area contributed by atoms with Crippen LogP contribution in [0.1, 0.15) is 19.8 Å². The molecule has 2 rings (SSSR count). The first-order valence-electron chi connectivity index (χ1n) is 8.25. The van der Waals surface area contributed by atoms with Gasteiger partial charge in [0.2, 0.25) is 11.8 Å². The molecule has 8 nitrogen and oxygen atoms in total. The van der Waals surface area contributed by atoms with Crippen LogP contribution in [0.3, 0.4) is 0 Å². The fraction of sp³-hybridized carbons (Fsp3) is 0.529. The third-order valence-corrected chi connectivity index (χ3v) is 5.99.